The van der Waals surface area contributed by atoms with E-state index in [0.717, 1.165) is 31.4 Å². The van der Waals surface area contributed by atoms with Gasteiger partial charge in [0.25, 0.3) is 11.5 Å². The molecule has 1 amide bonds. The zero-order valence-corrected chi connectivity index (χ0v) is 17.6. The Labute approximate surface area is 174 Å². The molecule has 0 radical (unpaired) electrons. The second-order valence-corrected chi connectivity index (χ2v) is 8.05. The number of likely N-dealkylation sites (tertiary alicyclic amines) is 1. The van der Waals surface area contributed by atoms with Crippen molar-refractivity contribution >= 4 is 5.91 Å². The summed E-state index contributed by atoms with van der Waals surface area (Å²) in [5, 5.41) is 7.16. The maximum absolute atomic E-state index is 13.1. The number of H-pyrrole nitrogens is 1. The molecule has 8 nitrogen and oxygen atoms in total. The molecule has 3 heterocycles. The quantitative estimate of drug-likeness (QED) is 0.671. The molecule has 1 aromatic carbocycles. The fourth-order valence-electron chi connectivity index (χ4n) is 3.84. The van der Waals surface area contributed by atoms with Crippen LogP contribution in [0.25, 0.3) is 5.69 Å². The van der Waals surface area contributed by atoms with Gasteiger partial charge in [0, 0.05) is 29.8 Å². The summed E-state index contributed by atoms with van der Waals surface area (Å²) < 4.78 is 6.94. The third-order valence-corrected chi connectivity index (χ3v) is 5.44. The van der Waals surface area contributed by atoms with Gasteiger partial charge in [0.2, 0.25) is 5.89 Å². The predicted molar refractivity (Wildman–Crippen MR) is 112 cm³/mol. The Morgan fingerprint density at radius 3 is 2.73 bits per heavy atom. The molecule has 158 valence electrons. The van der Waals surface area contributed by atoms with Crippen LogP contribution in [0.5, 0.6) is 0 Å². The average molecular weight is 409 g/mol. The predicted octanol–water partition coefficient (Wildman–Crippen LogP) is 3.60. The molecule has 1 aliphatic rings. The van der Waals surface area contributed by atoms with Gasteiger partial charge in [0.05, 0.1) is 5.69 Å². The van der Waals surface area contributed by atoms with E-state index in [2.05, 4.69) is 22.2 Å². The van der Waals surface area contributed by atoms with Gasteiger partial charge in [-0.2, -0.15) is 4.98 Å². The SMILES string of the molecule is CCCc1cc(=O)n(-c2ccc(C(=O)N3CCC[C@H]3c3nc(C(C)C)no3)cc2)[nH]1. The Morgan fingerprint density at radius 2 is 2.07 bits per heavy atom. The second kappa shape index (κ2) is 8.30. The number of aromatic amines is 1. The van der Waals surface area contributed by atoms with Crippen LogP contribution in [0.1, 0.15) is 79.8 Å². The van der Waals surface area contributed by atoms with Crippen LogP contribution in [0.15, 0.2) is 39.6 Å². The summed E-state index contributed by atoms with van der Waals surface area (Å²) >= 11 is 0. The van der Waals surface area contributed by atoms with Crippen LogP contribution in [0, 0.1) is 0 Å². The van der Waals surface area contributed by atoms with E-state index < -0.39 is 0 Å². The van der Waals surface area contributed by atoms with Crippen LogP contribution in [0.2, 0.25) is 0 Å². The molecule has 1 atom stereocenters. The van der Waals surface area contributed by atoms with Gasteiger partial charge in [0.1, 0.15) is 6.04 Å². The number of aromatic nitrogens is 4. The monoisotopic (exact) mass is 409 g/mol. The van der Waals surface area contributed by atoms with Crippen molar-refractivity contribution in [1.82, 2.24) is 24.8 Å². The molecule has 0 aliphatic carbocycles. The molecular weight excluding hydrogens is 382 g/mol. The Balaban J connectivity index is 1.53. The standard InChI is InChI=1S/C22H27N5O3/c1-4-6-16-13-19(28)27(24-16)17-10-8-15(9-11-17)22(29)26-12-5-7-18(26)21-23-20(14(2)3)25-30-21/h8-11,13-14,18,24H,4-7,12H2,1-3H3/t18-/m0/s1. The highest BCUT2D eigenvalue weighted by atomic mass is 16.5. The van der Waals surface area contributed by atoms with Crippen molar-refractivity contribution in [1.29, 1.82) is 0 Å². The lowest BCUT2D eigenvalue weighted by Gasteiger charge is -2.22. The van der Waals surface area contributed by atoms with E-state index in [0.29, 0.717) is 29.5 Å². The highest BCUT2D eigenvalue weighted by Gasteiger charge is 2.34. The summed E-state index contributed by atoms with van der Waals surface area (Å²) in [5.41, 5.74) is 2.08. The minimum absolute atomic E-state index is 0.0705. The first kappa shape index (κ1) is 20.1. The van der Waals surface area contributed by atoms with Gasteiger partial charge >= 0.3 is 0 Å². The molecule has 1 fully saturated rings. The number of hydrogen-bond acceptors (Lipinski definition) is 5. The smallest absolute Gasteiger partial charge is 0.271 e. The molecular formula is C22H27N5O3. The largest absolute Gasteiger partial charge is 0.337 e. The van der Waals surface area contributed by atoms with E-state index in [-0.39, 0.29) is 23.4 Å². The molecule has 2 aromatic heterocycles. The van der Waals surface area contributed by atoms with E-state index in [9.17, 15) is 9.59 Å². The summed E-state index contributed by atoms with van der Waals surface area (Å²) in [4.78, 5) is 31.6. The number of carbonyl (C=O) groups excluding carboxylic acids is 1. The van der Waals surface area contributed by atoms with Gasteiger partial charge in [-0.05, 0) is 43.5 Å². The number of nitrogens with one attached hydrogen (secondary N) is 1. The molecule has 1 saturated heterocycles. The number of aryl methyl sites for hydroxylation is 1. The summed E-state index contributed by atoms with van der Waals surface area (Å²) in [6, 6.07) is 8.51. The topological polar surface area (TPSA) is 97.0 Å². The first-order valence-corrected chi connectivity index (χ1v) is 10.5. The van der Waals surface area contributed by atoms with Crippen molar-refractivity contribution in [2.45, 2.75) is 58.4 Å². The van der Waals surface area contributed by atoms with Crippen molar-refractivity contribution < 1.29 is 9.32 Å². The van der Waals surface area contributed by atoms with Crippen LogP contribution in [0.3, 0.4) is 0 Å². The lowest BCUT2D eigenvalue weighted by molar-refractivity contribution is 0.0710. The number of benzene rings is 1. The molecule has 1 aliphatic heterocycles. The fourth-order valence-corrected chi connectivity index (χ4v) is 3.84. The number of rotatable bonds is 6. The molecule has 0 unspecified atom stereocenters. The van der Waals surface area contributed by atoms with Crippen LogP contribution in [0.4, 0.5) is 0 Å². The summed E-state index contributed by atoms with van der Waals surface area (Å²) in [5.74, 6) is 1.27. The average Bonchev–Trinajstić information content (AvgIpc) is 3.47. The summed E-state index contributed by atoms with van der Waals surface area (Å²) in [6.45, 7) is 6.74. The Morgan fingerprint density at radius 1 is 1.30 bits per heavy atom. The molecule has 30 heavy (non-hydrogen) atoms. The minimum atomic E-state index is -0.195. The van der Waals surface area contributed by atoms with E-state index in [1.54, 1.807) is 35.2 Å². The lowest BCUT2D eigenvalue weighted by Crippen LogP contribution is -2.30. The van der Waals surface area contributed by atoms with Gasteiger partial charge in [-0.25, -0.2) is 4.68 Å². The normalized spacial score (nSPS) is 16.5. The third kappa shape index (κ3) is 3.81. The van der Waals surface area contributed by atoms with E-state index in [1.165, 1.54) is 4.68 Å². The van der Waals surface area contributed by atoms with Crippen LogP contribution in [-0.4, -0.2) is 37.3 Å². The number of carbonyl (C=O) groups is 1. The van der Waals surface area contributed by atoms with Crippen molar-refractivity contribution in [3.63, 3.8) is 0 Å². The van der Waals surface area contributed by atoms with E-state index in [1.807, 2.05) is 13.8 Å². The molecule has 4 rings (SSSR count). The van der Waals surface area contributed by atoms with Crippen molar-refractivity contribution in [3.05, 3.63) is 63.7 Å². The molecule has 0 spiro atoms. The Kier molecular flexibility index (Phi) is 5.57. The first-order chi connectivity index (χ1) is 14.5. The van der Waals surface area contributed by atoms with Crippen molar-refractivity contribution in [2.75, 3.05) is 6.54 Å². The van der Waals surface area contributed by atoms with E-state index >= 15 is 0 Å². The molecule has 1 N–H and O–H groups in total. The third-order valence-electron chi connectivity index (χ3n) is 5.44. The van der Waals surface area contributed by atoms with Crippen LogP contribution >= 0.6 is 0 Å². The fraction of sp³-hybridized carbons (Fsp3) is 0.455. The van der Waals surface area contributed by atoms with Crippen LogP contribution in [-0.2, 0) is 6.42 Å². The summed E-state index contributed by atoms with van der Waals surface area (Å²) in [7, 11) is 0. The van der Waals surface area contributed by atoms with Gasteiger partial charge in [-0.3, -0.25) is 14.7 Å². The van der Waals surface area contributed by atoms with Gasteiger partial charge < -0.3 is 9.42 Å². The van der Waals surface area contributed by atoms with Crippen molar-refractivity contribution in [2.24, 2.45) is 0 Å². The minimum Gasteiger partial charge on any atom is -0.337 e. The number of amides is 1. The number of nitrogens with zero attached hydrogens (tertiary/aromatic N) is 4. The lowest BCUT2D eigenvalue weighted by atomic mass is 10.1. The zero-order chi connectivity index (χ0) is 21.3. The highest BCUT2D eigenvalue weighted by molar-refractivity contribution is 5.94. The maximum atomic E-state index is 13.1. The maximum Gasteiger partial charge on any atom is 0.271 e. The number of hydrogen-bond donors (Lipinski definition) is 1. The molecule has 8 heteroatoms. The molecule has 3 aromatic rings. The zero-order valence-electron chi connectivity index (χ0n) is 17.6. The Bertz CT molecular complexity index is 1080. The second-order valence-electron chi connectivity index (χ2n) is 8.05. The molecule has 0 saturated carbocycles. The molecule has 0 bridgehead atoms. The van der Waals surface area contributed by atoms with E-state index in [4.69, 9.17) is 4.52 Å². The van der Waals surface area contributed by atoms with Crippen molar-refractivity contribution in [3.8, 4) is 5.69 Å². The van der Waals surface area contributed by atoms with Gasteiger partial charge in [-0.15, -0.1) is 0 Å². The highest BCUT2D eigenvalue weighted by Crippen LogP contribution is 2.32. The van der Waals surface area contributed by atoms with Crippen LogP contribution < -0.4 is 5.56 Å². The van der Waals surface area contributed by atoms with Gasteiger partial charge in [-0.1, -0.05) is 32.3 Å². The summed E-state index contributed by atoms with van der Waals surface area (Å²) in [6.07, 6.45) is 3.49. The first-order valence-electron chi connectivity index (χ1n) is 10.5. The Hall–Kier alpha value is -3.16. The van der Waals surface area contributed by atoms with Gasteiger partial charge in [0.15, 0.2) is 5.82 Å².